The molecule has 1 N–H and O–H groups in total. The molecule has 0 bridgehead atoms. The number of benzene rings is 1. The molecule has 1 atom stereocenters. The van der Waals surface area contributed by atoms with E-state index in [1.54, 1.807) is 0 Å². The number of nitro benzene ring substituents is 1. The SMILES string of the molecule is CC(C)CCCC(C)Nc1cc(F)ccc1[N+](=O)[O-]. The van der Waals surface area contributed by atoms with Crippen molar-refractivity contribution in [1.82, 2.24) is 0 Å². The number of anilines is 1. The van der Waals surface area contributed by atoms with Gasteiger partial charge in [-0.15, -0.1) is 0 Å². The molecule has 19 heavy (non-hydrogen) atoms. The van der Waals surface area contributed by atoms with Crippen LogP contribution < -0.4 is 5.32 Å². The first-order chi connectivity index (χ1) is 8.90. The number of hydrogen-bond donors (Lipinski definition) is 1. The molecule has 0 heterocycles. The van der Waals surface area contributed by atoms with Crippen LogP contribution in [0.25, 0.3) is 0 Å². The molecule has 5 heteroatoms. The molecule has 0 saturated carbocycles. The van der Waals surface area contributed by atoms with Crippen molar-refractivity contribution >= 4 is 11.4 Å². The summed E-state index contributed by atoms with van der Waals surface area (Å²) in [6, 6.07) is 3.56. The molecule has 4 nitrogen and oxygen atoms in total. The van der Waals surface area contributed by atoms with Gasteiger partial charge in [0.2, 0.25) is 0 Å². The zero-order chi connectivity index (χ0) is 14.4. The van der Waals surface area contributed by atoms with Crippen LogP contribution in [-0.2, 0) is 0 Å². The molecule has 0 radical (unpaired) electrons. The van der Waals surface area contributed by atoms with Gasteiger partial charge in [-0.1, -0.05) is 26.7 Å². The molecule has 0 aliphatic carbocycles. The second-order valence-electron chi connectivity index (χ2n) is 5.29. The van der Waals surface area contributed by atoms with Crippen LogP contribution in [-0.4, -0.2) is 11.0 Å². The van der Waals surface area contributed by atoms with Crippen LogP contribution >= 0.6 is 0 Å². The highest BCUT2D eigenvalue weighted by Gasteiger charge is 2.16. The third kappa shape index (κ3) is 5.24. The van der Waals surface area contributed by atoms with Gasteiger partial charge in [0.15, 0.2) is 0 Å². The lowest BCUT2D eigenvalue weighted by atomic mass is 10.0. The van der Waals surface area contributed by atoms with Gasteiger partial charge in [0.1, 0.15) is 11.5 Å². The number of nitrogens with zero attached hydrogens (tertiary/aromatic N) is 1. The van der Waals surface area contributed by atoms with Crippen molar-refractivity contribution in [2.75, 3.05) is 5.32 Å². The minimum Gasteiger partial charge on any atom is -0.377 e. The summed E-state index contributed by atoms with van der Waals surface area (Å²) in [5.41, 5.74) is 0.166. The van der Waals surface area contributed by atoms with Crippen LogP contribution in [0.15, 0.2) is 18.2 Å². The first-order valence-corrected chi connectivity index (χ1v) is 6.60. The topological polar surface area (TPSA) is 55.2 Å². The number of rotatable bonds is 7. The molecule has 0 fully saturated rings. The van der Waals surface area contributed by atoms with Gasteiger partial charge in [-0.2, -0.15) is 0 Å². The van der Waals surface area contributed by atoms with E-state index in [2.05, 4.69) is 19.2 Å². The maximum Gasteiger partial charge on any atom is 0.292 e. The summed E-state index contributed by atoms with van der Waals surface area (Å²) in [6.45, 7) is 6.28. The Balaban J connectivity index is 2.65. The zero-order valence-corrected chi connectivity index (χ0v) is 11.6. The molecule has 0 saturated heterocycles. The number of halogens is 1. The van der Waals surface area contributed by atoms with E-state index in [9.17, 15) is 14.5 Å². The predicted molar refractivity (Wildman–Crippen MR) is 74.8 cm³/mol. The highest BCUT2D eigenvalue weighted by atomic mass is 19.1. The molecule has 1 aromatic rings. The number of nitrogens with one attached hydrogen (secondary N) is 1. The Hall–Kier alpha value is -1.65. The van der Waals surface area contributed by atoms with Crippen molar-refractivity contribution in [1.29, 1.82) is 0 Å². The van der Waals surface area contributed by atoms with Gasteiger partial charge in [0.05, 0.1) is 4.92 Å². The van der Waals surface area contributed by atoms with E-state index in [1.807, 2.05) is 6.92 Å². The van der Waals surface area contributed by atoms with E-state index in [4.69, 9.17) is 0 Å². The first-order valence-electron chi connectivity index (χ1n) is 6.60. The van der Waals surface area contributed by atoms with Gasteiger partial charge in [-0.05, 0) is 25.3 Å². The van der Waals surface area contributed by atoms with E-state index >= 15 is 0 Å². The molecule has 1 rings (SSSR count). The summed E-state index contributed by atoms with van der Waals surface area (Å²) >= 11 is 0. The van der Waals surface area contributed by atoms with Crippen LogP contribution in [0.5, 0.6) is 0 Å². The summed E-state index contributed by atoms with van der Waals surface area (Å²) in [5.74, 6) is 0.179. The maximum absolute atomic E-state index is 13.2. The van der Waals surface area contributed by atoms with Crippen LogP contribution in [0.3, 0.4) is 0 Å². The highest BCUT2D eigenvalue weighted by molar-refractivity contribution is 5.61. The Bertz CT molecular complexity index is 435. The second-order valence-corrected chi connectivity index (χ2v) is 5.29. The smallest absolute Gasteiger partial charge is 0.292 e. The lowest BCUT2D eigenvalue weighted by Crippen LogP contribution is -2.16. The van der Waals surface area contributed by atoms with E-state index in [0.717, 1.165) is 25.3 Å². The van der Waals surface area contributed by atoms with Crippen molar-refractivity contribution in [3.8, 4) is 0 Å². The van der Waals surface area contributed by atoms with Gasteiger partial charge in [-0.3, -0.25) is 10.1 Å². The van der Waals surface area contributed by atoms with Crippen molar-refractivity contribution in [2.45, 2.75) is 46.1 Å². The standard InChI is InChI=1S/C14H21FN2O2/c1-10(2)5-4-6-11(3)16-13-9-12(15)7-8-14(13)17(18)19/h7-11,16H,4-6H2,1-3H3. The predicted octanol–water partition coefficient (Wildman–Crippen LogP) is 4.36. The fourth-order valence-corrected chi connectivity index (χ4v) is 1.95. The molecule has 0 aliphatic heterocycles. The van der Waals surface area contributed by atoms with Crippen molar-refractivity contribution < 1.29 is 9.31 Å². The molecular formula is C14H21FN2O2. The molecule has 0 aliphatic rings. The highest BCUT2D eigenvalue weighted by Crippen LogP contribution is 2.26. The Morgan fingerprint density at radius 1 is 1.32 bits per heavy atom. The van der Waals surface area contributed by atoms with E-state index in [0.29, 0.717) is 5.92 Å². The summed E-state index contributed by atoms with van der Waals surface area (Å²) in [5, 5.41) is 13.9. The van der Waals surface area contributed by atoms with Gasteiger partial charge in [0, 0.05) is 18.2 Å². The quantitative estimate of drug-likeness (QED) is 0.590. The van der Waals surface area contributed by atoms with Crippen molar-refractivity contribution in [3.63, 3.8) is 0 Å². The number of hydrogen-bond acceptors (Lipinski definition) is 3. The van der Waals surface area contributed by atoms with Gasteiger partial charge < -0.3 is 5.32 Å². The average Bonchev–Trinajstić information content (AvgIpc) is 2.27. The van der Waals surface area contributed by atoms with Gasteiger partial charge in [-0.25, -0.2) is 4.39 Å². The van der Waals surface area contributed by atoms with Crippen LogP contribution in [0, 0.1) is 21.8 Å². The lowest BCUT2D eigenvalue weighted by molar-refractivity contribution is -0.384. The molecule has 0 aromatic heterocycles. The first kappa shape index (κ1) is 15.4. The molecular weight excluding hydrogens is 247 g/mol. The van der Waals surface area contributed by atoms with Gasteiger partial charge in [0.25, 0.3) is 5.69 Å². The third-order valence-corrected chi connectivity index (χ3v) is 2.98. The van der Waals surface area contributed by atoms with Crippen molar-refractivity contribution in [2.24, 2.45) is 5.92 Å². The molecule has 1 aromatic carbocycles. The molecule has 106 valence electrons. The minimum absolute atomic E-state index is 0.0826. The van der Waals surface area contributed by atoms with Crippen LogP contribution in [0.2, 0.25) is 0 Å². The van der Waals surface area contributed by atoms with Crippen LogP contribution in [0.1, 0.15) is 40.0 Å². The Kier molecular flexibility index (Phi) is 5.73. The summed E-state index contributed by atoms with van der Waals surface area (Å²) < 4.78 is 13.2. The Morgan fingerprint density at radius 2 is 2.00 bits per heavy atom. The fraction of sp³-hybridized carbons (Fsp3) is 0.571. The average molecular weight is 268 g/mol. The normalized spacial score (nSPS) is 12.5. The van der Waals surface area contributed by atoms with Crippen LogP contribution in [0.4, 0.5) is 15.8 Å². The summed E-state index contributed by atoms with van der Waals surface area (Å²) in [4.78, 5) is 10.4. The maximum atomic E-state index is 13.2. The molecule has 0 amide bonds. The Labute approximate surface area is 113 Å². The lowest BCUT2D eigenvalue weighted by Gasteiger charge is -2.15. The molecule has 1 unspecified atom stereocenters. The van der Waals surface area contributed by atoms with Gasteiger partial charge >= 0.3 is 0 Å². The number of nitro groups is 1. The minimum atomic E-state index is -0.497. The summed E-state index contributed by atoms with van der Waals surface area (Å²) in [6.07, 6.45) is 3.08. The van der Waals surface area contributed by atoms with E-state index < -0.39 is 10.7 Å². The fourth-order valence-electron chi connectivity index (χ4n) is 1.95. The molecule has 0 spiro atoms. The second kappa shape index (κ2) is 7.07. The summed E-state index contributed by atoms with van der Waals surface area (Å²) in [7, 11) is 0. The van der Waals surface area contributed by atoms with E-state index in [1.165, 1.54) is 12.1 Å². The van der Waals surface area contributed by atoms with Crippen molar-refractivity contribution in [3.05, 3.63) is 34.1 Å². The monoisotopic (exact) mass is 268 g/mol. The Morgan fingerprint density at radius 3 is 2.58 bits per heavy atom. The third-order valence-electron chi connectivity index (χ3n) is 2.98. The largest absolute Gasteiger partial charge is 0.377 e. The van der Waals surface area contributed by atoms with E-state index in [-0.39, 0.29) is 17.4 Å². The zero-order valence-electron chi connectivity index (χ0n) is 11.6.